The molecule has 0 rings (SSSR count). The minimum Gasteiger partial charge on any atom is -0.462 e. The molecule has 0 aliphatic carbocycles. The Bertz CT molecular complexity index is 1330. The van der Waals surface area contributed by atoms with Gasteiger partial charge in [-0.25, -0.2) is 0 Å². The quantitative estimate of drug-likeness (QED) is 0.0261. The Morgan fingerprint density at radius 2 is 0.527 bits per heavy atom. The third kappa shape index (κ3) is 60.0. The average molecular weight is 1040 g/mol. The van der Waals surface area contributed by atoms with Crippen LogP contribution in [0.3, 0.4) is 0 Å². The van der Waals surface area contributed by atoms with Gasteiger partial charge in [0.1, 0.15) is 13.2 Å². The van der Waals surface area contributed by atoms with Crippen molar-refractivity contribution >= 4 is 17.9 Å². The molecule has 0 aliphatic heterocycles. The van der Waals surface area contributed by atoms with Gasteiger partial charge in [-0.15, -0.1) is 0 Å². The lowest BCUT2D eigenvalue weighted by Crippen LogP contribution is -2.30. The van der Waals surface area contributed by atoms with Gasteiger partial charge in [0.25, 0.3) is 0 Å². The Labute approximate surface area is 460 Å². The molecule has 6 nitrogen and oxygen atoms in total. The first-order valence-corrected chi connectivity index (χ1v) is 32.3. The lowest BCUT2D eigenvalue weighted by molar-refractivity contribution is -0.167. The van der Waals surface area contributed by atoms with Crippen LogP contribution in [0.15, 0.2) is 60.8 Å². The first-order valence-electron chi connectivity index (χ1n) is 32.3. The molecule has 0 aromatic rings. The van der Waals surface area contributed by atoms with E-state index in [4.69, 9.17) is 14.2 Å². The van der Waals surface area contributed by atoms with Gasteiger partial charge in [0.05, 0.1) is 0 Å². The van der Waals surface area contributed by atoms with Gasteiger partial charge < -0.3 is 14.2 Å². The summed E-state index contributed by atoms with van der Waals surface area (Å²) in [5.41, 5.74) is 0. The minimum atomic E-state index is -0.782. The zero-order chi connectivity index (χ0) is 53.6. The standard InChI is InChI=1S/C68H122O6/c1-4-7-10-13-16-19-22-24-26-28-30-32-33-34-35-37-38-40-42-44-46-49-52-55-58-61-67(70)73-64-65(63-72-66(69)60-57-54-51-48-21-18-15-12-9-6-3)74-68(71)62-59-56-53-50-47-45-43-41-39-36-31-29-27-25-23-20-17-14-11-8-5-2/h8,11,17,20,25,27,31,36,41,43,65H,4-7,9-10,12-16,18-19,21-24,26,28-30,32-35,37-40,42,44-64H2,1-3H3/b11-8-,20-17-,27-25-,36-31-,43-41-. The lowest BCUT2D eigenvalue weighted by Gasteiger charge is -2.18. The molecule has 74 heavy (non-hydrogen) atoms. The largest absolute Gasteiger partial charge is 0.462 e. The van der Waals surface area contributed by atoms with Crippen molar-refractivity contribution in [3.63, 3.8) is 0 Å². The van der Waals surface area contributed by atoms with Crippen LogP contribution in [-0.4, -0.2) is 37.2 Å². The summed E-state index contributed by atoms with van der Waals surface area (Å²) in [6.45, 7) is 6.55. The monoisotopic (exact) mass is 1030 g/mol. The van der Waals surface area contributed by atoms with Crippen molar-refractivity contribution in [2.45, 2.75) is 341 Å². The summed E-state index contributed by atoms with van der Waals surface area (Å²) >= 11 is 0. The van der Waals surface area contributed by atoms with E-state index in [9.17, 15) is 14.4 Å². The summed E-state index contributed by atoms with van der Waals surface area (Å²) < 4.78 is 16.9. The maximum Gasteiger partial charge on any atom is 0.306 e. The number of unbranched alkanes of at least 4 members (excludes halogenated alkanes) is 38. The van der Waals surface area contributed by atoms with Crippen molar-refractivity contribution in [2.75, 3.05) is 13.2 Å². The fraction of sp³-hybridized carbons (Fsp3) is 0.809. The van der Waals surface area contributed by atoms with E-state index in [1.807, 2.05) is 0 Å². The number of rotatable bonds is 59. The van der Waals surface area contributed by atoms with Crippen LogP contribution < -0.4 is 0 Å². The zero-order valence-corrected chi connectivity index (χ0v) is 49.4. The molecule has 1 atom stereocenters. The molecule has 0 aromatic carbocycles. The molecule has 0 amide bonds. The maximum absolute atomic E-state index is 12.9. The SMILES string of the molecule is CC/C=C\C/C=C\C/C=C\C/C=C\C/C=C\CCCCCCCC(=O)OC(COC(=O)CCCCCCCCCCCC)COC(=O)CCCCCCCCCCCCCCCCCCCCCCCCCCC. The molecule has 0 aromatic heterocycles. The Morgan fingerprint density at radius 1 is 0.284 bits per heavy atom. The highest BCUT2D eigenvalue weighted by molar-refractivity contribution is 5.71. The van der Waals surface area contributed by atoms with Crippen LogP contribution in [-0.2, 0) is 28.6 Å². The number of allylic oxidation sites excluding steroid dienone is 10. The number of hydrogen-bond donors (Lipinski definition) is 0. The van der Waals surface area contributed by atoms with Gasteiger partial charge in [0.2, 0.25) is 0 Å². The second-order valence-corrected chi connectivity index (χ2v) is 21.7. The van der Waals surface area contributed by atoms with Gasteiger partial charge in [0, 0.05) is 19.3 Å². The smallest absolute Gasteiger partial charge is 0.306 e. The highest BCUT2D eigenvalue weighted by Crippen LogP contribution is 2.18. The van der Waals surface area contributed by atoms with Crippen molar-refractivity contribution in [3.05, 3.63) is 60.8 Å². The summed E-state index contributed by atoms with van der Waals surface area (Å²) in [4.78, 5) is 38.2. The van der Waals surface area contributed by atoms with Gasteiger partial charge in [-0.1, -0.05) is 313 Å². The van der Waals surface area contributed by atoms with Gasteiger partial charge in [-0.3, -0.25) is 14.4 Å². The van der Waals surface area contributed by atoms with E-state index >= 15 is 0 Å². The predicted octanol–water partition coefficient (Wildman–Crippen LogP) is 21.9. The number of ether oxygens (including phenoxy) is 3. The Balaban J connectivity index is 4.23. The van der Waals surface area contributed by atoms with E-state index in [2.05, 4.69) is 81.5 Å². The van der Waals surface area contributed by atoms with E-state index in [-0.39, 0.29) is 31.1 Å². The van der Waals surface area contributed by atoms with Gasteiger partial charge >= 0.3 is 17.9 Å². The molecule has 6 heteroatoms. The van der Waals surface area contributed by atoms with Gasteiger partial charge in [0.15, 0.2) is 6.10 Å². The molecule has 0 saturated carbocycles. The minimum absolute atomic E-state index is 0.0780. The van der Waals surface area contributed by atoms with Crippen LogP contribution in [0.5, 0.6) is 0 Å². The third-order valence-electron chi connectivity index (χ3n) is 14.3. The van der Waals surface area contributed by atoms with Crippen molar-refractivity contribution in [3.8, 4) is 0 Å². The summed E-state index contributed by atoms with van der Waals surface area (Å²) in [6.07, 6.45) is 79.6. The van der Waals surface area contributed by atoms with E-state index in [0.717, 1.165) is 109 Å². The number of esters is 3. The highest BCUT2D eigenvalue weighted by atomic mass is 16.6. The number of carbonyl (C=O) groups excluding carboxylic acids is 3. The first kappa shape index (κ1) is 71.1. The summed E-state index contributed by atoms with van der Waals surface area (Å²) in [5.74, 6) is -0.880. The van der Waals surface area contributed by atoms with Crippen molar-refractivity contribution in [1.29, 1.82) is 0 Å². The van der Waals surface area contributed by atoms with Gasteiger partial charge in [-0.05, 0) is 64.2 Å². The Morgan fingerprint density at radius 3 is 0.824 bits per heavy atom. The number of hydrogen-bond acceptors (Lipinski definition) is 6. The number of carbonyl (C=O) groups is 3. The first-order chi connectivity index (χ1) is 36.5. The molecular weight excluding hydrogens is 913 g/mol. The van der Waals surface area contributed by atoms with Crippen LogP contribution in [0.4, 0.5) is 0 Å². The summed E-state index contributed by atoms with van der Waals surface area (Å²) in [6, 6.07) is 0. The van der Waals surface area contributed by atoms with Crippen LogP contribution in [0.1, 0.15) is 335 Å². The van der Waals surface area contributed by atoms with E-state index in [1.54, 1.807) is 0 Å². The molecule has 0 heterocycles. The van der Waals surface area contributed by atoms with Crippen molar-refractivity contribution in [1.82, 2.24) is 0 Å². The van der Waals surface area contributed by atoms with Gasteiger partial charge in [-0.2, -0.15) is 0 Å². The van der Waals surface area contributed by atoms with E-state index in [1.165, 1.54) is 186 Å². The Hall–Kier alpha value is -2.89. The van der Waals surface area contributed by atoms with Crippen LogP contribution in [0, 0.1) is 0 Å². The van der Waals surface area contributed by atoms with E-state index in [0.29, 0.717) is 19.3 Å². The normalized spacial score (nSPS) is 12.4. The van der Waals surface area contributed by atoms with Crippen LogP contribution in [0.2, 0.25) is 0 Å². The Kier molecular flexibility index (Phi) is 60.2. The molecule has 0 fully saturated rings. The lowest BCUT2D eigenvalue weighted by atomic mass is 10.0. The van der Waals surface area contributed by atoms with Crippen molar-refractivity contribution in [2.24, 2.45) is 0 Å². The maximum atomic E-state index is 12.9. The molecule has 430 valence electrons. The molecule has 0 bridgehead atoms. The zero-order valence-electron chi connectivity index (χ0n) is 49.4. The molecule has 0 spiro atoms. The summed E-state index contributed by atoms with van der Waals surface area (Å²) in [7, 11) is 0. The molecule has 1 unspecified atom stereocenters. The molecular formula is C68H122O6. The second kappa shape index (κ2) is 62.6. The topological polar surface area (TPSA) is 78.9 Å². The highest BCUT2D eigenvalue weighted by Gasteiger charge is 2.19. The fourth-order valence-corrected chi connectivity index (χ4v) is 9.47. The molecule has 0 radical (unpaired) electrons. The average Bonchev–Trinajstić information content (AvgIpc) is 3.40. The molecule has 0 saturated heterocycles. The molecule has 0 aliphatic rings. The van der Waals surface area contributed by atoms with Crippen LogP contribution >= 0.6 is 0 Å². The summed E-state index contributed by atoms with van der Waals surface area (Å²) in [5, 5.41) is 0. The fourth-order valence-electron chi connectivity index (χ4n) is 9.47. The second-order valence-electron chi connectivity index (χ2n) is 21.7. The van der Waals surface area contributed by atoms with Crippen LogP contribution in [0.25, 0.3) is 0 Å². The third-order valence-corrected chi connectivity index (χ3v) is 14.3. The van der Waals surface area contributed by atoms with E-state index < -0.39 is 6.10 Å². The predicted molar refractivity (Wildman–Crippen MR) is 321 cm³/mol. The van der Waals surface area contributed by atoms with Crippen molar-refractivity contribution < 1.29 is 28.6 Å². The molecule has 0 N–H and O–H groups in total.